The largest absolute Gasteiger partial charge is 0.491 e. The maximum Gasteiger partial charge on any atom is 0.337 e. The van der Waals surface area contributed by atoms with E-state index in [4.69, 9.17) is 20.3 Å². The first kappa shape index (κ1) is 26.7. The van der Waals surface area contributed by atoms with Gasteiger partial charge in [-0.1, -0.05) is 32.9 Å². The monoisotopic (exact) mass is 511 g/mol. The standard InChI is InChI=1S/C31H33N3O4/c1-19(2)38-26-16-23(15-24(17-26)31(3,4)5)28-18-27(20-7-9-22(10-8-20)30(36)37-6)33-34(28)25-13-11-21(12-14-25)29(32)35/h7-19H,1-6H3,(H2,32,35). The maximum atomic E-state index is 11.9. The number of carbonyl (C=O) groups is 2. The van der Waals surface area contributed by atoms with Crippen LogP contribution in [0.3, 0.4) is 0 Å². The number of esters is 1. The number of hydrogen-bond donors (Lipinski definition) is 1. The molecular weight excluding hydrogens is 478 g/mol. The number of benzene rings is 3. The summed E-state index contributed by atoms with van der Waals surface area (Å²) < 4.78 is 12.8. The fraction of sp³-hybridized carbons (Fsp3) is 0.258. The second-order valence-electron chi connectivity index (χ2n) is 10.5. The highest BCUT2D eigenvalue weighted by atomic mass is 16.5. The minimum atomic E-state index is -0.489. The second-order valence-corrected chi connectivity index (χ2v) is 10.5. The molecule has 196 valence electrons. The van der Waals surface area contributed by atoms with Crippen molar-refractivity contribution in [1.82, 2.24) is 9.78 Å². The van der Waals surface area contributed by atoms with Crippen LogP contribution in [0.15, 0.2) is 72.8 Å². The van der Waals surface area contributed by atoms with Crippen LogP contribution in [0, 0.1) is 0 Å². The fourth-order valence-corrected chi connectivity index (χ4v) is 4.11. The Balaban J connectivity index is 1.90. The fourth-order valence-electron chi connectivity index (χ4n) is 4.11. The highest BCUT2D eigenvalue weighted by molar-refractivity contribution is 5.93. The summed E-state index contributed by atoms with van der Waals surface area (Å²) in [5.41, 5.74) is 11.5. The van der Waals surface area contributed by atoms with Crippen molar-refractivity contribution in [1.29, 1.82) is 0 Å². The van der Waals surface area contributed by atoms with Gasteiger partial charge in [-0.05, 0) is 85.5 Å². The molecule has 0 fully saturated rings. The van der Waals surface area contributed by atoms with Crippen LogP contribution in [0.1, 0.15) is 60.9 Å². The third kappa shape index (κ3) is 5.78. The van der Waals surface area contributed by atoms with E-state index in [1.54, 1.807) is 24.3 Å². The van der Waals surface area contributed by atoms with Crippen molar-refractivity contribution in [3.05, 3.63) is 89.5 Å². The highest BCUT2D eigenvalue weighted by Crippen LogP contribution is 2.35. The van der Waals surface area contributed by atoms with Gasteiger partial charge in [-0.25, -0.2) is 9.48 Å². The molecular formula is C31H33N3O4. The molecule has 0 saturated carbocycles. The molecule has 38 heavy (non-hydrogen) atoms. The summed E-state index contributed by atoms with van der Waals surface area (Å²) in [6, 6.07) is 22.4. The number of nitrogens with two attached hydrogens (primary N) is 1. The number of methoxy groups -OCH3 is 1. The van der Waals surface area contributed by atoms with E-state index in [0.717, 1.165) is 39.5 Å². The van der Waals surface area contributed by atoms with Crippen LogP contribution < -0.4 is 10.5 Å². The number of amides is 1. The molecule has 3 aromatic carbocycles. The molecule has 0 aliphatic rings. The number of ether oxygens (including phenoxy) is 2. The maximum absolute atomic E-state index is 11.9. The van der Waals surface area contributed by atoms with Crippen LogP contribution in [0.25, 0.3) is 28.2 Å². The predicted molar refractivity (Wildman–Crippen MR) is 149 cm³/mol. The molecule has 1 amide bonds. The first-order valence-corrected chi connectivity index (χ1v) is 12.5. The number of rotatable bonds is 7. The van der Waals surface area contributed by atoms with Gasteiger partial charge in [-0.3, -0.25) is 4.79 Å². The van der Waals surface area contributed by atoms with Gasteiger partial charge in [0.1, 0.15) is 5.75 Å². The van der Waals surface area contributed by atoms with E-state index in [1.807, 2.05) is 54.9 Å². The van der Waals surface area contributed by atoms with Crippen LogP contribution in [0.5, 0.6) is 5.75 Å². The van der Waals surface area contributed by atoms with E-state index in [-0.39, 0.29) is 11.5 Å². The van der Waals surface area contributed by atoms with Crippen molar-refractivity contribution in [2.24, 2.45) is 5.73 Å². The Morgan fingerprint density at radius 2 is 1.50 bits per heavy atom. The average molecular weight is 512 g/mol. The molecule has 4 aromatic rings. The summed E-state index contributed by atoms with van der Waals surface area (Å²) in [4.78, 5) is 23.5. The molecule has 0 saturated heterocycles. The van der Waals surface area contributed by atoms with Gasteiger partial charge in [0.15, 0.2) is 0 Å². The van der Waals surface area contributed by atoms with Crippen LogP contribution in [0.2, 0.25) is 0 Å². The smallest absolute Gasteiger partial charge is 0.337 e. The Kier molecular flexibility index (Phi) is 7.39. The summed E-state index contributed by atoms with van der Waals surface area (Å²) in [5, 5.41) is 4.92. The number of aromatic nitrogens is 2. The Hall–Kier alpha value is -4.39. The number of hydrogen-bond acceptors (Lipinski definition) is 5. The van der Waals surface area contributed by atoms with E-state index in [2.05, 4.69) is 32.9 Å². The topological polar surface area (TPSA) is 96.4 Å². The molecule has 1 heterocycles. The van der Waals surface area contributed by atoms with Crippen LogP contribution in [-0.4, -0.2) is 34.9 Å². The van der Waals surface area contributed by atoms with Gasteiger partial charge >= 0.3 is 5.97 Å². The number of carbonyl (C=O) groups excluding carboxylic acids is 2. The summed E-state index contributed by atoms with van der Waals surface area (Å²) in [6.07, 6.45) is 0.0215. The molecule has 0 aliphatic carbocycles. The van der Waals surface area contributed by atoms with Crippen molar-refractivity contribution in [3.63, 3.8) is 0 Å². The van der Waals surface area contributed by atoms with Crippen LogP contribution in [0.4, 0.5) is 0 Å². The van der Waals surface area contributed by atoms with E-state index in [0.29, 0.717) is 11.1 Å². The quantitative estimate of drug-likeness (QED) is 0.299. The minimum Gasteiger partial charge on any atom is -0.491 e. The van der Waals surface area contributed by atoms with Gasteiger partial charge < -0.3 is 15.2 Å². The molecule has 7 heteroatoms. The molecule has 0 bridgehead atoms. The summed E-state index contributed by atoms with van der Waals surface area (Å²) in [6.45, 7) is 10.5. The Morgan fingerprint density at radius 1 is 0.868 bits per heavy atom. The first-order valence-electron chi connectivity index (χ1n) is 12.5. The Bertz CT molecular complexity index is 1460. The Labute approximate surface area is 223 Å². The normalized spacial score (nSPS) is 11.4. The van der Waals surface area contributed by atoms with Gasteiger partial charge in [0.05, 0.1) is 35.9 Å². The lowest BCUT2D eigenvalue weighted by atomic mass is 9.85. The second kappa shape index (κ2) is 10.5. The average Bonchev–Trinajstić information content (AvgIpc) is 3.33. The van der Waals surface area contributed by atoms with E-state index in [9.17, 15) is 9.59 Å². The zero-order chi connectivity index (χ0) is 27.6. The van der Waals surface area contributed by atoms with Crippen molar-refractivity contribution in [2.75, 3.05) is 7.11 Å². The third-order valence-electron chi connectivity index (χ3n) is 6.15. The molecule has 0 unspecified atom stereocenters. The predicted octanol–water partition coefficient (Wildman–Crippen LogP) is 6.18. The van der Waals surface area contributed by atoms with Crippen molar-refractivity contribution in [3.8, 4) is 34.0 Å². The summed E-state index contributed by atoms with van der Waals surface area (Å²) in [7, 11) is 1.36. The Morgan fingerprint density at radius 3 is 2.05 bits per heavy atom. The van der Waals surface area contributed by atoms with Gasteiger partial charge in [-0.2, -0.15) is 5.10 Å². The zero-order valence-electron chi connectivity index (χ0n) is 22.6. The first-order chi connectivity index (χ1) is 18.0. The van der Waals surface area contributed by atoms with Gasteiger partial charge in [-0.15, -0.1) is 0 Å². The number of nitrogens with zero attached hydrogens (tertiary/aromatic N) is 2. The molecule has 0 spiro atoms. The zero-order valence-corrected chi connectivity index (χ0v) is 22.6. The van der Waals surface area contributed by atoms with Crippen LogP contribution >= 0.6 is 0 Å². The molecule has 0 aliphatic heterocycles. The lowest BCUT2D eigenvalue weighted by Gasteiger charge is -2.22. The third-order valence-corrected chi connectivity index (χ3v) is 6.15. The lowest BCUT2D eigenvalue weighted by molar-refractivity contribution is 0.0600. The molecule has 7 nitrogen and oxygen atoms in total. The van der Waals surface area contributed by atoms with Gasteiger partial charge in [0.2, 0.25) is 5.91 Å². The lowest BCUT2D eigenvalue weighted by Crippen LogP contribution is -2.13. The molecule has 4 rings (SSSR count). The van der Waals surface area contributed by atoms with E-state index in [1.165, 1.54) is 7.11 Å². The summed E-state index contributed by atoms with van der Waals surface area (Å²) >= 11 is 0. The van der Waals surface area contributed by atoms with Crippen molar-refractivity contribution < 1.29 is 19.1 Å². The number of primary amides is 1. The SMILES string of the molecule is COC(=O)c1ccc(-c2cc(-c3cc(OC(C)C)cc(C(C)(C)C)c3)n(-c3ccc(C(N)=O)cc3)n2)cc1. The van der Waals surface area contributed by atoms with Crippen molar-refractivity contribution >= 4 is 11.9 Å². The minimum absolute atomic E-state index is 0.0215. The van der Waals surface area contributed by atoms with E-state index >= 15 is 0 Å². The molecule has 2 N–H and O–H groups in total. The van der Waals surface area contributed by atoms with E-state index < -0.39 is 11.9 Å². The van der Waals surface area contributed by atoms with Crippen molar-refractivity contribution in [2.45, 2.75) is 46.1 Å². The molecule has 1 aromatic heterocycles. The molecule has 0 radical (unpaired) electrons. The van der Waals surface area contributed by atoms with Gasteiger partial charge in [0.25, 0.3) is 0 Å². The van der Waals surface area contributed by atoms with Gasteiger partial charge in [0, 0.05) is 16.7 Å². The highest BCUT2D eigenvalue weighted by Gasteiger charge is 2.20. The summed E-state index contributed by atoms with van der Waals surface area (Å²) in [5.74, 6) is -0.103. The van der Waals surface area contributed by atoms with Crippen LogP contribution in [-0.2, 0) is 10.2 Å². The molecule has 0 atom stereocenters.